The summed E-state index contributed by atoms with van der Waals surface area (Å²) in [6.45, 7) is 1.53. The third-order valence-corrected chi connectivity index (χ3v) is 3.41. The van der Waals surface area contributed by atoms with Crippen LogP contribution in [0.15, 0.2) is 18.2 Å². The van der Waals surface area contributed by atoms with Crippen LogP contribution in [0.5, 0.6) is 0 Å². The van der Waals surface area contributed by atoms with Gasteiger partial charge in [-0.2, -0.15) is 0 Å². The van der Waals surface area contributed by atoms with E-state index in [4.69, 9.17) is 23.1 Å². The van der Waals surface area contributed by atoms with Gasteiger partial charge < -0.3 is 11.5 Å². The van der Waals surface area contributed by atoms with Crippen LogP contribution >= 0.6 is 11.6 Å². The van der Waals surface area contributed by atoms with Crippen molar-refractivity contribution in [2.75, 3.05) is 12.3 Å². The standard InChI is InChI=1S/C12H16ClN3O/c13-9-4-3-8(10(14)6-9)7-16-5-1-2-11(16)12(15)17/h3-4,6,11H,1-2,5,7,14H2,(H2,15,17). The maximum Gasteiger partial charge on any atom is 0.234 e. The molecule has 0 aromatic heterocycles. The van der Waals surface area contributed by atoms with E-state index in [-0.39, 0.29) is 11.9 Å². The second-order valence-electron chi connectivity index (χ2n) is 4.37. The average molecular weight is 254 g/mol. The highest BCUT2D eigenvalue weighted by Crippen LogP contribution is 2.24. The fourth-order valence-corrected chi connectivity index (χ4v) is 2.45. The molecule has 1 aromatic rings. The molecule has 1 aliphatic rings. The Morgan fingerprint density at radius 2 is 2.29 bits per heavy atom. The topological polar surface area (TPSA) is 72.4 Å². The van der Waals surface area contributed by atoms with Gasteiger partial charge >= 0.3 is 0 Å². The number of nitrogen functional groups attached to an aromatic ring is 1. The van der Waals surface area contributed by atoms with Gasteiger partial charge in [-0.25, -0.2) is 0 Å². The number of nitrogens with zero attached hydrogens (tertiary/aromatic N) is 1. The van der Waals surface area contributed by atoms with Crippen LogP contribution < -0.4 is 11.5 Å². The van der Waals surface area contributed by atoms with E-state index >= 15 is 0 Å². The summed E-state index contributed by atoms with van der Waals surface area (Å²) in [6, 6.07) is 5.27. The number of nitrogens with two attached hydrogens (primary N) is 2. The van der Waals surface area contributed by atoms with Crippen molar-refractivity contribution in [1.29, 1.82) is 0 Å². The Labute approximate surface area is 106 Å². The van der Waals surface area contributed by atoms with Gasteiger partial charge in [-0.1, -0.05) is 17.7 Å². The predicted octanol–water partition coefficient (Wildman–Crippen LogP) is 1.37. The molecule has 0 aliphatic carbocycles. The van der Waals surface area contributed by atoms with Crippen LogP contribution in [0.2, 0.25) is 5.02 Å². The SMILES string of the molecule is NC(=O)C1CCCN1Cc1ccc(Cl)cc1N. The summed E-state index contributed by atoms with van der Waals surface area (Å²) in [5, 5.41) is 0.624. The molecule has 4 nitrogen and oxygen atoms in total. The third kappa shape index (κ3) is 2.70. The summed E-state index contributed by atoms with van der Waals surface area (Å²) in [5.41, 5.74) is 12.9. The van der Waals surface area contributed by atoms with Crippen molar-refractivity contribution in [2.24, 2.45) is 5.73 Å². The van der Waals surface area contributed by atoms with Crippen LogP contribution in [0.4, 0.5) is 5.69 Å². The number of carbonyl (C=O) groups excluding carboxylic acids is 1. The number of hydrogen-bond donors (Lipinski definition) is 2. The number of halogens is 1. The van der Waals surface area contributed by atoms with E-state index in [9.17, 15) is 4.79 Å². The van der Waals surface area contributed by atoms with E-state index in [0.29, 0.717) is 17.3 Å². The first kappa shape index (κ1) is 12.2. The van der Waals surface area contributed by atoms with Crippen molar-refractivity contribution in [2.45, 2.75) is 25.4 Å². The monoisotopic (exact) mass is 253 g/mol. The number of rotatable bonds is 3. The lowest BCUT2D eigenvalue weighted by Gasteiger charge is -2.22. The zero-order valence-electron chi connectivity index (χ0n) is 9.53. The van der Waals surface area contributed by atoms with Crippen molar-refractivity contribution >= 4 is 23.2 Å². The van der Waals surface area contributed by atoms with Crippen molar-refractivity contribution in [1.82, 2.24) is 4.90 Å². The molecule has 17 heavy (non-hydrogen) atoms. The second kappa shape index (κ2) is 4.94. The minimum atomic E-state index is -0.255. The fraction of sp³-hybridized carbons (Fsp3) is 0.417. The Hall–Kier alpha value is -1.26. The first-order valence-corrected chi connectivity index (χ1v) is 6.03. The number of primary amides is 1. The lowest BCUT2D eigenvalue weighted by atomic mass is 10.1. The molecular weight excluding hydrogens is 238 g/mol. The average Bonchev–Trinajstić information content (AvgIpc) is 2.70. The number of hydrogen-bond acceptors (Lipinski definition) is 3. The maximum atomic E-state index is 11.3. The van der Waals surface area contributed by atoms with Gasteiger partial charge in [0.1, 0.15) is 0 Å². The second-order valence-corrected chi connectivity index (χ2v) is 4.81. The Morgan fingerprint density at radius 1 is 1.53 bits per heavy atom. The van der Waals surface area contributed by atoms with E-state index in [0.717, 1.165) is 24.9 Å². The van der Waals surface area contributed by atoms with Crippen LogP contribution in [-0.4, -0.2) is 23.4 Å². The maximum absolute atomic E-state index is 11.3. The number of likely N-dealkylation sites (tertiary alicyclic amines) is 1. The van der Waals surface area contributed by atoms with Crippen molar-refractivity contribution in [3.63, 3.8) is 0 Å². The molecule has 1 amide bonds. The highest BCUT2D eigenvalue weighted by molar-refractivity contribution is 6.30. The van der Waals surface area contributed by atoms with Crippen molar-refractivity contribution < 1.29 is 4.79 Å². The molecule has 1 aliphatic heterocycles. The van der Waals surface area contributed by atoms with Gasteiger partial charge in [-0.15, -0.1) is 0 Å². The largest absolute Gasteiger partial charge is 0.398 e. The van der Waals surface area contributed by atoms with Crippen LogP contribution in [0.1, 0.15) is 18.4 Å². The molecule has 1 fully saturated rings. The molecule has 1 aromatic carbocycles. The highest BCUT2D eigenvalue weighted by atomic mass is 35.5. The predicted molar refractivity (Wildman–Crippen MR) is 68.5 cm³/mol. The minimum absolute atomic E-state index is 0.162. The smallest absolute Gasteiger partial charge is 0.234 e. The zero-order valence-corrected chi connectivity index (χ0v) is 10.3. The molecule has 0 saturated carbocycles. The zero-order chi connectivity index (χ0) is 12.4. The minimum Gasteiger partial charge on any atom is -0.398 e. The Morgan fingerprint density at radius 3 is 2.94 bits per heavy atom. The lowest BCUT2D eigenvalue weighted by molar-refractivity contribution is -0.122. The van der Waals surface area contributed by atoms with Gasteiger partial charge in [0, 0.05) is 17.3 Å². The summed E-state index contributed by atoms with van der Waals surface area (Å²) in [4.78, 5) is 13.3. The first-order valence-electron chi connectivity index (χ1n) is 5.65. The van der Waals surface area contributed by atoms with Crippen molar-refractivity contribution in [3.05, 3.63) is 28.8 Å². The van der Waals surface area contributed by atoms with Gasteiger partial charge in [0.05, 0.1) is 6.04 Å². The van der Waals surface area contributed by atoms with E-state index in [1.54, 1.807) is 6.07 Å². The van der Waals surface area contributed by atoms with Crippen LogP contribution in [0.3, 0.4) is 0 Å². The summed E-state index contributed by atoms with van der Waals surface area (Å²) in [5.74, 6) is -0.255. The van der Waals surface area contributed by atoms with Gasteiger partial charge in [-0.3, -0.25) is 9.69 Å². The summed E-state index contributed by atoms with van der Waals surface area (Å²) in [7, 11) is 0. The molecular formula is C12H16ClN3O. The number of amides is 1. The van der Waals surface area contributed by atoms with E-state index < -0.39 is 0 Å². The lowest BCUT2D eigenvalue weighted by Crippen LogP contribution is -2.39. The molecule has 0 spiro atoms. The Kier molecular flexibility index (Phi) is 3.54. The number of carbonyl (C=O) groups is 1. The quantitative estimate of drug-likeness (QED) is 0.800. The fourth-order valence-electron chi connectivity index (χ4n) is 2.27. The van der Waals surface area contributed by atoms with Crippen LogP contribution in [-0.2, 0) is 11.3 Å². The van der Waals surface area contributed by atoms with E-state index in [1.165, 1.54) is 0 Å². The van der Waals surface area contributed by atoms with Gasteiger partial charge in [0.2, 0.25) is 5.91 Å². The molecule has 1 unspecified atom stereocenters. The summed E-state index contributed by atoms with van der Waals surface area (Å²) >= 11 is 5.84. The molecule has 0 radical (unpaired) electrons. The summed E-state index contributed by atoms with van der Waals surface area (Å²) in [6.07, 6.45) is 1.84. The molecule has 92 valence electrons. The van der Waals surface area contributed by atoms with Crippen molar-refractivity contribution in [3.8, 4) is 0 Å². The number of anilines is 1. The van der Waals surface area contributed by atoms with Crippen LogP contribution in [0.25, 0.3) is 0 Å². The first-order chi connectivity index (χ1) is 8.08. The Balaban J connectivity index is 2.12. The molecule has 2 rings (SSSR count). The normalized spacial score (nSPS) is 20.6. The van der Waals surface area contributed by atoms with E-state index in [2.05, 4.69) is 4.90 Å². The Bertz CT molecular complexity index is 436. The molecule has 0 bridgehead atoms. The highest BCUT2D eigenvalue weighted by Gasteiger charge is 2.29. The summed E-state index contributed by atoms with van der Waals surface area (Å²) < 4.78 is 0. The third-order valence-electron chi connectivity index (χ3n) is 3.17. The molecule has 1 atom stereocenters. The van der Waals surface area contributed by atoms with E-state index in [1.807, 2.05) is 12.1 Å². The molecule has 1 saturated heterocycles. The van der Waals surface area contributed by atoms with Gasteiger partial charge in [0.25, 0.3) is 0 Å². The number of benzene rings is 1. The van der Waals surface area contributed by atoms with Gasteiger partial charge in [-0.05, 0) is 37.1 Å². The molecule has 5 heteroatoms. The molecule has 1 heterocycles. The molecule has 4 N–H and O–H groups in total. The van der Waals surface area contributed by atoms with Gasteiger partial charge in [0.15, 0.2) is 0 Å². The van der Waals surface area contributed by atoms with Crippen LogP contribution in [0, 0.1) is 0 Å².